The molecular weight excluding hydrogens is 342 g/mol. The van der Waals surface area contributed by atoms with Crippen LogP contribution >= 0.6 is 15.9 Å². The van der Waals surface area contributed by atoms with Crippen molar-refractivity contribution in [2.24, 2.45) is 4.99 Å². The molecule has 0 radical (unpaired) electrons. The fraction of sp³-hybridized carbons (Fsp3) is 0.529. The largest absolute Gasteiger partial charge is 0.477 e. The zero-order chi connectivity index (χ0) is 16.5. The molecule has 0 spiro atoms. The van der Waals surface area contributed by atoms with E-state index in [1.807, 2.05) is 31.3 Å². The molecule has 0 aromatic carbocycles. The zero-order valence-corrected chi connectivity index (χ0v) is 15.8. The number of nitrogens with zero attached hydrogens (tertiary/aromatic N) is 3. The number of aromatic nitrogens is 1. The van der Waals surface area contributed by atoms with Gasteiger partial charge >= 0.3 is 0 Å². The van der Waals surface area contributed by atoms with Gasteiger partial charge in [0.1, 0.15) is 0 Å². The summed E-state index contributed by atoms with van der Waals surface area (Å²) in [5, 5.41) is 0. The van der Waals surface area contributed by atoms with E-state index in [2.05, 4.69) is 52.8 Å². The van der Waals surface area contributed by atoms with Gasteiger partial charge in [-0.1, -0.05) is 11.6 Å². The molecule has 0 aliphatic carbocycles. The first-order valence-electron chi connectivity index (χ1n) is 7.61. The number of unbranched alkanes of at least 4 members (excludes halogenated alkanes) is 1. The van der Waals surface area contributed by atoms with Crippen molar-refractivity contribution in [3.05, 3.63) is 27.9 Å². The van der Waals surface area contributed by atoms with Gasteiger partial charge in [0.2, 0.25) is 5.88 Å². The Labute approximate surface area is 142 Å². The summed E-state index contributed by atoms with van der Waals surface area (Å²) in [7, 11) is 1.99. The minimum absolute atomic E-state index is 0.637. The Bertz CT molecular complexity index is 537. The van der Waals surface area contributed by atoms with Gasteiger partial charge < -0.3 is 9.64 Å². The van der Waals surface area contributed by atoms with Gasteiger partial charge in [0.05, 0.1) is 28.8 Å². The van der Waals surface area contributed by atoms with Crippen molar-refractivity contribution >= 4 is 28.0 Å². The van der Waals surface area contributed by atoms with E-state index in [9.17, 15) is 0 Å². The molecular formula is C17H26BrN3O. The molecule has 0 unspecified atom stereocenters. The van der Waals surface area contributed by atoms with Gasteiger partial charge in [0.15, 0.2) is 0 Å². The lowest BCUT2D eigenvalue weighted by atomic mass is 10.2. The standard InChI is InChI=1S/C17H26BrN3O/c1-6-21(5)12-19-16-11-15(18)17(20-14(16)4)22-10-8-7-9-13(2)3/h9,11-12H,6-8,10H2,1-5H3. The number of aliphatic imine (C=N–C) groups is 1. The van der Waals surface area contributed by atoms with Gasteiger partial charge in [-0.3, -0.25) is 0 Å². The summed E-state index contributed by atoms with van der Waals surface area (Å²) in [5.74, 6) is 0.637. The van der Waals surface area contributed by atoms with Gasteiger partial charge in [-0.25, -0.2) is 9.98 Å². The molecule has 0 N–H and O–H groups in total. The maximum absolute atomic E-state index is 5.75. The molecule has 0 saturated heterocycles. The van der Waals surface area contributed by atoms with E-state index in [0.717, 1.165) is 35.2 Å². The van der Waals surface area contributed by atoms with Gasteiger partial charge in [0.25, 0.3) is 0 Å². The number of hydrogen-bond donors (Lipinski definition) is 0. The quantitative estimate of drug-likeness (QED) is 0.284. The summed E-state index contributed by atoms with van der Waals surface area (Å²) in [6.07, 6.45) is 6.06. The molecule has 0 saturated carbocycles. The molecule has 5 heteroatoms. The molecule has 0 aliphatic heterocycles. The molecule has 1 aromatic heterocycles. The molecule has 1 heterocycles. The van der Waals surface area contributed by atoms with Crippen LogP contribution in [-0.2, 0) is 0 Å². The van der Waals surface area contributed by atoms with Crippen molar-refractivity contribution in [3.63, 3.8) is 0 Å². The fourth-order valence-electron chi connectivity index (χ4n) is 1.67. The van der Waals surface area contributed by atoms with Crippen molar-refractivity contribution < 1.29 is 4.74 Å². The molecule has 0 amide bonds. The number of hydrogen-bond acceptors (Lipinski definition) is 3. The van der Waals surface area contributed by atoms with E-state index >= 15 is 0 Å². The van der Waals surface area contributed by atoms with Crippen LogP contribution < -0.4 is 4.74 Å². The summed E-state index contributed by atoms with van der Waals surface area (Å²) in [5.41, 5.74) is 3.06. The van der Waals surface area contributed by atoms with Crippen LogP contribution in [-0.4, -0.2) is 36.4 Å². The average Bonchev–Trinajstić information content (AvgIpc) is 2.47. The third-order valence-electron chi connectivity index (χ3n) is 3.14. The van der Waals surface area contributed by atoms with Crippen molar-refractivity contribution in [2.75, 3.05) is 20.2 Å². The smallest absolute Gasteiger partial charge is 0.228 e. The second-order valence-electron chi connectivity index (χ2n) is 5.47. The fourth-order valence-corrected chi connectivity index (χ4v) is 2.09. The lowest BCUT2D eigenvalue weighted by molar-refractivity contribution is 0.297. The van der Waals surface area contributed by atoms with Crippen molar-refractivity contribution in [1.29, 1.82) is 0 Å². The van der Waals surface area contributed by atoms with E-state index in [1.54, 1.807) is 0 Å². The Balaban J connectivity index is 2.65. The van der Waals surface area contributed by atoms with Crippen LogP contribution in [0.5, 0.6) is 5.88 Å². The Kier molecular flexibility index (Phi) is 8.17. The number of ether oxygens (including phenoxy) is 1. The Morgan fingerprint density at radius 3 is 2.82 bits per heavy atom. The normalized spacial score (nSPS) is 10.8. The number of aryl methyl sites for hydroxylation is 1. The summed E-state index contributed by atoms with van der Waals surface area (Å²) in [6, 6.07) is 1.95. The minimum Gasteiger partial charge on any atom is -0.477 e. The molecule has 22 heavy (non-hydrogen) atoms. The predicted octanol–water partition coefficient (Wildman–Crippen LogP) is 4.89. The molecule has 1 rings (SSSR count). The highest BCUT2D eigenvalue weighted by atomic mass is 79.9. The van der Waals surface area contributed by atoms with Crippen molar-refractivity contribution in [2.45, 2.75) is 40.5 Å². The van der Waals surface area contributed by atoms with Gasteiger partial charge in [-0.05, 0) is 62.5 Å². The topological polar surface area (TPSA) is 37.7 Å². The van der Waals surface area contributed by atoms with Gasteiger partial charge in [-0.15, -0.1) is 0 Å². The molecule has 1 aromatic rings. The summed E-state index contributed by atoms with van der Waals surface area (Å²) < 4.78 is 6.59. The van der Waals surface area contributed by atoms with Crippen LogP contribution in [0.4, 0.5) is 5.69 Å². The maximum atomic E-state index is 5.75. The Morgan fingerprint density at radius 2 is 2.18 bits per heavy atom. The lowest BCUT2D eigenvalue weighted by Crippen LogP contribution is -2.14. The average molecular weight is 368 g/mol. The molecule has 122 valence electrons. The number of halogens is 1. The third-order valence-corrected chi connectivity index (χ3v) is 3.71. The molecule has 0 fully saturated rings. The lowest BCUT2D eigenvalue weighted by Gasteiger charge is -2.11. The van der Waals surface area contributed by atoms with E-state index in [0.29, 0.717) is 12.5 Å². The predicted molar refractivity (Wildman–Crippen MR) is 97.3 cm³/mol. The van der Waals surface area contributed by atoms with Crippen LogP contribution in [0.1, 0.15) is 39.3 Å². The zero-order valence-electron chi connectivity index (χ0n) is 14.2. The number of pyridine rings is 1. The first kappa shape index (κ1) is 18.7. The second-order valence-corrected chi connectivity index (χ2v) is 6.32. The Hall–Kier alpha value is -1.36. The monoisotopic (exact) mass is 367 g/mol. The first-order chi connectivity index (χ1) is 10.4. The Morgan fingerprint density at radius 1 is 1.45 bits per heavy atom. The minimum atomic E-state index is 0.637. The SMILES string of the molecule is CCN(C)C=Nc1cc(Br)c(OCCCC=C(C)C)nc1C. The number of rotatable bonds is 8. The van der Waals surface area contributed by atoms with E-state index in [4.69, 9.17) is 4.74 Å². The third kappa shape index (κ3) is 6.60. The van der Waals surface area contributed by atoms with Crippen molar-refractivity contribution in [1.82, 2.24) is 9.88 Å². The highest BCUT2D eigenvalue weighted by Gasteiger charge is 2.08. The maximum Gasteiger partial charge on any atom is 0.228 e. The summed E-state index contributed by atoms with van der Waals surface area (Å²) >= 11 is 3.51. The number of allylic oxidation sites excluding steroid dienone is 2. The van der Waals surface area contributed by atoms with E-state index in [1.165, 1.54) is 5.57 Å². The summed E-state index contributed by atoms with van der Waals surface area (Å²) in [6.45, 7) is 9.83. The van der Waals surface area contributed by atoms with Crippen LogP contribution in [0.15, 0.2) is 27.2 Å². The summed E-state index contributed by atoms with van der Waals surface area (Å²) in [4.78, 5) is 11.0. The molecule has 4 nitrogen and oxygen atoms in total. The van der Waals surface area contributed by atoms with Crippen LogP contribution in [0.3, 0.4) is 0 Å². The van der Waals surface area contributed by atoms with Gasteiger partial charge in [-0.2, -0.15) is 0 Å². The molecule has 0 aliphatic rings. The van der Waals surface area contributed by atoms with Crippen molar-refractivity contribution in [3.8, 4) is 5.88 Å². The second kappa shape index (κ2) is 9.62. The van der Waals surface area contributed by atoms with Gasteiger partial charge in [0, 0.05) is 13.6 Å². The van der Waals surface area contributed by atoms with Crippen LogP contribution in [0.25, 0.3) is 0 Å². The first-order valence-corrected chi connectivity index (χ1v) is 8.41. The van der Waals surface area contributed by atoms with Crippen LogP contribution in [0.2, 0.25) is 0 Å². The highest BCUT2D eigenvalue weighted by Crippen LogP contribution is 2.29. The molecule has 0 bridgehead atoms. The van der Waals surface area contributed by atoms with Crippen LogP contribution in [0, 0.1) is 6.92 Å². The highest BCUT2D eigenvalue weighted by molar-refractivity contribution is 9.10. The van der Waals surface area contributed by atoms with E-state index < -0.39 is 0 Å². The van der Waals surface area contributed by atoms with E-state index in [-0.39, 0.29) is 0 Å². The molecule has 0 atom stereocenters.